The van der Waals surface area contributed by atoms with Gasteiger partial charge in [0.1, 0.15) is 5.82 Å². The number of rotatable bonds is 5. The molecule has 22 heavy (non-hydrogen) atoms. The third-order valence-corrected chi connectivity index (χ3v) is 3.43. The quantitative estimate of drug-likeness (QED) is 0.821. The fourth-order valence-corrected chi connectivity index (χ4v) is 2.31. The van der Waals surface area contributed by atoms with Crippen molar-refractivity contribution >= 4 is 11.6 Å². The summed E-state index contributed by atoms with van der Waals surface area (Å²) in [4.78, 5) is 4.39. The van der Waals surface area contributed by atoms with Crippen LogP contribution >= 0.6 is 0 Å². The Hall–Kier alpha value is -2.60. The number of hydrogen-bond donors (Lipinski definition) is 2. The van der Waals surface area contributed by atoms with E-state index in [1.165, 1.54) is 0 Å². The number of fused-ring (bicyclic) bond motifs is 1. The molecule has 1 aliphatic rings. The lowest BCUT2D eigenvalue weighted by Gasteiger charge is -2.05. The Balaban J connectivity index is 1.86. The lowest BCUT2D eigenvalue weighted by Crippen LogP contribution is -2.07. The molecule has 0 saturated heterocycles. The van der Waals surface area contributed by atoms with Gasteiger partial charge in [-0.15, -0.1) is 5.10 Å². The van der Waals surface area contributed by atoms with E-state index in [1.54, 1.807) is 10.9 Å². The van der Waals surface area contributed by atoms with Gasteiger partial charge in [-0.2, -0.15) is 0 Å². The van der Waals surface area contributed by atoms with E-state index < -0.39 is 0 Å². The zero-order valence-electron chi connectivity index (χ0n) is 12.2. The number of aliphatic hydroxyl groups is 1. The van der Waals surface area contributed by atoms with Crippen LogP contribution in [0.15, 0.2) is 42.1 Å². The molecule has 2 aromatic rings. The van der Waals surface area contributed by atoms with Gasteiger partial charge in [-0.1, -0.05) is 24.8 Å². The fraction of sp³-hybridized carbons (Fsp3) is 0.250. The molecule has 0 bridgehead atoms. The highest BCUT2D eigenvalue weighted by atomic mass is 16.5. The Kier molecular flexibility index (Phi) is 3.93. The van der Waals surface area contributed by atoms with Crippen LogP contribution in [0, 0.1) is 0 Å². The molecule has 3 N–H and O–H groups in total. The summed E-state index contributed by atoms with van der Waals surface area (Å²) >= 11 is 0. The van der Waals surface area contributed by atoms with Crippen LogP contribution in [0.2, 0.25) is 0 Å². The molecule has 1 aromatic carbocycles. The van der Waals surface area contributed by atoms with Gasteiger partial charge in [0.2, 0.25) is 5.90 Å². The molecule has 114 valence electrons. The average Bonchev–Trinajstić information content (AvgIpc) is 3.07. The molecule has 0 spiro atoms. The molecule has 0 aliphatic carbocycles. The first-order chi connectivity index (χ1) is 10.7. The number of benzene rings is 1. The molecule has 0 fully saturated rings. The van der Waals surface area contributed by atoms with Crippen molar-refractivity contribution in [3.63, 3.8) is 0 Å². The van der Waals surface area contributed by atoms with Gasteiger partial charge < -0.3 is 15.6 Å². The summed E-state index contributed by atoms with van der Waals surface area (Å²) in [5.74, 6) is 1.46. The minimum absolute atomic E-state index is 0.110. The maximum atomic E-state index is 8.78. The molecule has 0 amide bonds. The standard InChI is InChI=1S/C16H18N4O2/c1-11(17)12-4-2-5-13(8-12)14-10-18-15-9-16(19-20(14)15)22-7-3-6-21/h2,4-5,8,10,21H,1,3,6-7,9,17H2. The molecule has 1 aromatic heterocycles. The minimum atomic E-state index is 0.110. The van der Waals surface area contributed by atoms with Gasteiger partial charge >= 0.3 is 0 Å². The molecule has 6 nitrogen and oxygen atoms in total. The highest BCUT2D eigenvalue weighted by molar-refractivity contribution is 5.81. The van der Waals surface area contributed by atoms with Gasteiger partial charge in [0.05, 0.1) is 24.9 Å². The smallest absolute Gasteiger partial charge is 0.214 e. The molecular formula is C16H18N4O2. The van der Waals surface area contributed by atoms with Crippen molar-refractivity contribution in [1.29, 1.82) is 0 Å². The summed E-state index contributed by atoms with van der Waals surface area (Å²) in [6.45, 7) is 4.33. The van der Waals surface area contributed by atoms with Crippen LogP contribution in [-0.4, -0.2) is 33.9 Å². The molecule has 3 rings (SSSR count). The highest BCUT2D eigenvalue weighted by Crippen LogP contribution is 2.26. The maximum absolute atomic E-state index is 8.78. The van der Waals surface area contributed by atoms with E-state index in [9.17, 15) is 0 Å². The normalized spacial score (nSPS) is 12.9. The fourth-order valence-electron chi connectivity index (χ4n) is 2.31. The summed E-state index contributed by atoms with van der Waals surface area (Å²) in [5.41, 5.74) is 9.03. The molecule has 0 unspecified atom stereocenters. The van der Waals surface area contributed by atoms with Crippen LogP contribution in [0.3, 0.4) is 0 Å². The number of hydrogen-bond acceptors (Lipinski definition) is 5. The van der Waals surface area contributed by atoms with Crippen molar-refractivity contribution < 1.29 is 9.84 Å². The number of ether oxygens (including phenoxy) is 1. The Morgan fingerprint density at radius 2 is 2.32 bits per heavy atom. The minimum Gasteiger partial charge on any atom is -0.479 e. The predicted molar refractivity (Wildman–Crippen MR) is 85.1 cm³/mol. The molecule has 2 heterocycles. The Morgan fingerprint density at radius 1 is 1.45 bits per heavy atom. The largest absolute Gasteiger partial charge is 0.479 e. The zero-order valence-corrected chi connectivity index (χ0v) is 12.2. The summed E-state index contributed by atoms with van der Waals surface area (Å²) in [6, 6.07) is 7.80. The van der Waals surface area contributed by atoms with Crippen LogP contribution in [0.4, 0.5) is 0 Å². The SMILES string of the molecule is C=C(N)c1cccc(-c2cnc3n2N=C(OCCCO)C3)c1. The van der Waals surface area contributed by atoms with Crippen LogP contribution in [0.5, 0.6) is 0 Å². The Morgan fingerprint density at radius 3 is 3.09 bits per heavy atom. The Bertz CT molecular complexity index is 733. The van der Waals surface area contributed by atoms with E-state index in [-0.39, 0.29) is 6.61 Å². The molecule has 0 saturated carbocycles. The van der Waals surface area contributed by atoms with Crippen LogP contribution in [-0.2, 0) is 11.2 Å². The summed E-state index contributed by atoms with van der Waals surface area (Å²) < 4.78 is 7.32. The van der Waals surface area contributed by atoms with Crippen molar-refractivity contribution in [2.24, 2.45) is 10.8 Å². The van der Waals surface area contributed by atoms with Crippen LogP contribution < -0.4 is 5.73 Å². The van der Waals surface area contributed by atoms with E-state index in [0.717, 1.165) is 22.6 Å². The van der Waals surface area contributed by atoms with Gasteiger partial charge in [-0.05, 0) is 11.6 Å². The van der Waals surface area contributed by atoms with Crippen molar-refractivity contribution in [3.05, 3.63) is 48.4 Å². The zero-order chi connectivity index (χ0) is 15.5. The second kappa shape index (κ2) is 6.03. The summed E-state index contributed by atoms with van der Waals surface area (Å²) in [5, 5.41) is 13.2. The second-order valence-electron chi connectivity index (χ2n) is 5.07. The lowest BCUT2D eigenvalue weighted by atomic mass is 10.1. The number of aliphatic hydroxyl groups excluding tert-OH is 1. The first-order valence-corrected chi connectivity index (χ1v) is 7.12. The maximum Gasteiger partial charge on any atom is 0.214 e. The van der Waals surface area contributed by atoms with E-state index in [0.29, 0.717) is 31.0 Å². The van der Waals surface area contributed by atoms with Crippen molar-refractivity contribution in [2.75, 3.05) is 13.2 Å². The molecule has 1 aliphatic heterocycles. The van der Waals surface area contributed by atoms with Gasteiger partial charge in [-0.3, -0.25) is 0 Å². The van der Waals surface area contributed by atoms with Gasteiger partial charge in [0.25, 0.3) is 0 Å². The first-order valence-electron chi connectivity index (χ1n) is 7.12. The van der Waals surface area contributed by atoms with Gasteiger partial charge in [0.15, 0.2) is 0 Å². The number of aromatic nitrogens is 2. The number of imidazole rings is 1. The van der Waals surface area contributed by atoms with Gasteiger partial charge in [0, 0.05) is 24.3 Å². The third-order valence-electron chi connectivity index (χ3n) is 3.43. The molecule has 0 atom stereocenters. The summed E-state index contributed by atoms with van der Waals surface area (Å²) in [6.07, 6.45) is 2.95. The highest BCUT2D eigenvalue weighted by Gasteiger charge is 2.21. The predicted octanol–water partition coefficient (Wildman–Crippen LogP) is 1.60. The number of nitrogens with zero attached hydrogens (tertiary/aromatic N) is 3. The number of nitrogens with two attached hydrogens (primary N) is 1. The van der Waals surface area contributed by atoms with Crippen molar-refractivity contribution in [3.8, 4) is 11.3 Å². The summed E-state index contributed by atoms with van der Waals surface area (Å²) in [7, 11) is 0. The monoisotopic (exact) mass is 298 g/mol. The average molecular weight is 298 g/mol. The van der Waals surface area contributed by atoms with Crippen molar-refractivity contribution in [2.45, 2.75) is 12.8 Å². The second-order valence-corrected chi connectivity index (χ2v) is 5.07. The Labute approximate surface area is 128 Å². The van der Waals surface area contributed by atoms with E-state index in [4.69, 9.17) is 15.6 Å². The topological polar surface area (TPSA) is 85.7 Å². The van der Waals surface area contributed by atoms with Crippen LogP contribution in [0.25, 0.3) is 17.0 Å². The van der Waals surface area contributed by atoms with E-state index >= 15 is 0 Å². The first kappa shape index (κ1) is 14.3. The van der Waals surface area contributed by atoms with Gasteiger partial charge in [-0.25, -0.2) is 9.66 Å². The lowest BCUT2D eigenvalue weighted by molar-refractivity contribution is 0.225. The van der Waals surface area contributed by atoms with E-state index in [2.05, 4.69) is 16.7 Å². The third kappa shape index (κ3) is 2.73. The molecular weight excluding hydrogens is 280 g/mol. The van der Waals surface area contributed by atoms with E-state index in [1.807, 2.05) is 24.3 Å². The van der Waals surface area contributed by atoms with Crippen LogP contribution in [0.1, 0.15) is 17.8 Å². The molecule has 0 radical (unpaired) electrons. The van der Waals surface area contributed by atoms with Crippen molar-refractivity contribution in [1.82, 2.24) is 9.66 Å². The molecule has 6 heteroatoms.